The number of carboxylic acids is 1. The Morgan fingerprint density at radius 2 is 2.06 bits per heavy atom. The highest BCUT2D eigenvalue weighted by atomic mass is 16.4. The summed E-state index contributed by atoms with van der Waals surface area (Å²) in [6.07, 6.45) is 1.79. The van der Waals surface area contributed by atoms with Gasteiger partial charge in [0.2, 0.25) is 5.91 Å². The summed E-state index contributed by atoms with van der Waals surface area (Å²) >= 11 is 0. The van der Waals surface area contributed by atoms with Gasteiger partial charge in [0.15, 0.2) is 0 Å². The van der Waals surface area contributed by atoms with Gasteiger partial charge in [-0.3, -0.25) is 4.79 Å². The quantitative estimate of drug-likeness (QED) is 0.576. The van der Waals surface area contributed by atoms with Crippen molar-refractivity contribution in [1.82, 2.24) is 10.2 Å². The molecule has 1 saturated carbocycles. The van der Waals surface area contributed by atoms with Gasteiger partial charge in [0.25, 0.3) is 0 Å². The van der Waals surface area contributed by atoms with Crippen LogP contribution in [0.5, 0.6) is 0 Å². The summed E-state index contributed by atoms with van der Waals surface area (Å²) < 4.78 is 0. The van der Waals surface area contributed by atoms with Crippen LogP contribution in [0.3, 0.4) is 0 Å². The van der Waals surface area contributed by atoms with Crippen molar-refractivity contribution < 1.29 is 19.5 Å². The number of hydrogen-bond acceptors (Lipinski definition) is 3. The first-order valence-electron chi connectivity index (χ1n) is 5.43. The number of nitrogens with two attached hydrogens (primary N) is 1. The normalized spacial score (nSPS) is 16.1. The minimum atomic E-state index is -1.27. The van der Waals surface area contributed by atoms with Gasteiger partial charge in [-0.05, 0) is 18.8 Å². The van der Waals surface area contributed by atoms with Gasteiger partial charge < -0.3 is 21.1 Å². The van der Waals surface area contributed by atoms with Crippen LogP contribution in [0.4, 0.5) is 4.79 Å². The van der Waals surface area contributed by atoms with Gasteiger partial charge in [-0.25, -0.2) is 9.59 Å². The van der Waals surface area contributed by atoms with Crippen LogP contribution in [-0.2, 0) is 9.59 Å². The van der Waals surface area contributed by atoms with E-state index >= 15 is 0 Å². The number of carbonyl (C=O) groups is 3. The van der Waals surface area contributed by atoms with Crippen molar-refractivity contribution in [1.29, 1.82) is 0 Å². The summed E-state index contributed by atoms with van der Waals surface area (Å²) in [6, 6.07) is -1.76. The number of aliphatic carboxylic acids is 1. The highest BCUT2D eigenvalue weighted by Gasteiger charge is 2.27. The Labute approximate surface area is 98.9 Å². The molecule has 4 N–H and O–H groups in total. The van der Waals surface area contributed by atoms with Crippen LogP contribution in [-0.4, -0.2) is 47.5 Å². The van der Waals surface area contributed by atoms with Crippen LogP contribution in [0.15, 0.2) is 0 Å². The number of urea groups is 1. The molecule has 0 aromatic heterocycles. The fourth-order valence-electron chi connectivity index (χ4n) is 1.43. The molecular weight excluding hydrogens is 226 g/mol. The average molecular weight is 243 g/mol. The van der Waals surface area contributed by atoms with Crippen molar-refractivity contribution in [2.75, 3.05) is 13.6 Å². The first-order valence-corrected chi connectivity index (χ1v) is 5.43. The summed E-state index contributed by atoms with van der Waals surface area (Å²) in [5.74, 6) is -1.51. The predicted octanol–water partition coefficient (Wildman–Crippen LogP) is -0.634. The molecule has 96 valence electrons. The molecule has 7 nitrogen and oxygen atoms in total. The number of nitrogens with one attached hydrogen (secondary N) is 1. The maximum Gasteiger partial charge on any atom is 0.326 e. The average Bonchev–Trinajstić information content (AvgIpc) is 2.99. The first kappa shape index (κ1) is 13.3. The first-order chi connectivity index (χ1) is 7.90. The molecule has 7 heteroatoms. The molecule has 0 bridgehead atoms. The Hall–Kier alpha value is -1.79. The number of amides is 3. The Balaban J connectivity index is 2.44. The molecule has 0 heterocycles. The Bertz CT molecular complexity index is 328. The lowest BCUT2D eigenvalue weighted by Crippen LogP contribution is -2.48. The molecule has 0 aromatic rings. The zero-order chi connectivity index (χ0) is 13.0. The number of carboxylic acid groups (broad SMARTS) is 1. The molecule has 17 heavy (non-hydrogen) atoms. The molecule has 1 aliphatic carbocycles. The Morgan fingerprint density at radius 1 is 1.47 bits per heavy atom. The van der Waals surface area contributed by atoms with Crippen molar-refractivity contribution >= 4 is 17.9 Å². The topological polar surface area (TPSA) is 113 Å². The van der Waals surface area contributed by atoms with Gasteiger partial charge >= 0.3 is 12.0 Å². The summed E-state index contributed by atoms with van der Waals surface area (Å²) in [4.78, 5) is 34.5. The van der Waals surface area contributed by atoms with E-state index in [0.29, 0.717) is 12.5 Å². The lowest BCUT2D eigenvalue weighted by molar-refractivity contribution is -0.140. The second kappa shape index (κ2) is 5.51. The summed E-state index contributed by atoms with van der Waals surface area (Å²) in [5.41, 5.74) is 4.91. The number of hydrogen-bond donors (Lipinski definition) is 3. The molecule has 1 aliphatic rings. The molecular formula is C10H17N3O4. The van der Waals surface area contributed by atoms with Crippen LogP contribution in [0.1, 0.15) is 19.3 Å². The summed E-state index contributed by atoms with van der Waals surface area (Å²) in [5, 5.41) is 11.1. The molecule has 0 spiro atoms. The van der Waals surface area contributed by atoms with Crippen molar-refractivity contribution in [3.05, 3.63) is 0 Å². The molecule has 1 rings (SSSR count). The molecule has 0 unspecified atom stereocenters. The zero-order valence-electron chi connectivity index (χ0n) is 9.68. The van der Waals surface area contributed by atoms with Gasteiger partial charge in [-0.1, -0.05) is 0 Å². The van der Waals surface area contributed by atoms with E-state index in [1.54, 1.807) is 7.05 Å². The Kier molecular flexibility index (Phi) is 4.30. The van der Waals surface area contributed by atoms with E-state index < -0.39 is 30.4 Å². The van der Waals surface area contributed by atoms with E-state index in [0.717, 1.165) is 12.8 Å². The molecule has 0 radical (unpaired) electrons. The molecule has 3 amide bonds. The molecule has 1 atom stereocenters. The maximum absolute atomic E-state index is 11.6. The van der Waals surface area contributed by atoms with E-state index in [1.807, 2.05) is 0 Å². The van der Waals surface area contributed by atoms with Crippen LogP contribution < -0.4 is 11.1 Å². The largest absolute Gasteiger partial charge is 0.480 e. The minimum Gasteiger partial charge on any atom is -0.480 e. The molecule has 0 saturated heterocycles. The monoisotopic (exact) mass is 243 g/mol. The predicted molar refractivity (Wildman–Crippen MR) is 59.1 cm³/mol. The van der Waals surface area contributed by atoms with Crippen LogP contribution in [0.25, 0.3) is 0 Å². The maximum atomic E-state index is 11.6. The van der Waals surface area contributed by atoms with E-state index in [1.165, 1.54) is 4.90 Å². The zero-order valence-corrected chi connectivity index (χ0v) is 9.68. The van der Waals surface area contributed by atoms with Crippen LogP contribution >= 0.6 is 0 Å². The third-order valence-electron chi connectivity index (χ3n) is 2.58. The standard InChI is InChI=1S/C10H17N3O4/c1-13(5-6-2-3-6)10(17)12-7(9(15)16)4-8(11)14/h6-7H,2-5H2,1H3,(H2,11,14)(H,12,17)(H,15,16)/t7-/m0/s1. The van der Waals surface area contributed by atoms with E-state index in [2.05, 4.69) is 5.32 Å². The van der Waals surface area contributed by atoms with Crippen molar-refractivity contribution in [3.63, 3.8) is 0 Å². The van der Waals surface area contributed by atoms with Gasteiger partial charge in [0.1, 0.15) is 6.04 Å². The lowest BCUT2D eigenvalue weighted by Gasteiger charge is -2.20. The number of primary amides is 1. The van der Waals surface area contributed by atoms with E-state index in [9.17, 15) is 14.4 Å². The second-order valence-electron chi connectivity index (χ2n) is 4.33. The number of nitrogens with zero attached hydrogens (tertiary/aromatic N) is 1. The van der Waals surface area contributed by atoms with Crippen molar-refractivity contribution in [3.8, 4) is 0 Å². The molecule has 1 fully saturated rings. The SMILES string of the molecule is CN(CC1CC1)C(=O)N[C@@H](CC(N)=O)C(=O)O. The van der Waals surface area contributed by atoms with Gasteiger partial charge in [0.05, 0.1) is 6.42 Å². The van der Waals surface area contributed by atoms with E-state index in [-0.39, 0.29) is 0 Å². The second-order valence-corrected chi connectivity index (χ2v) is 4.33. The van der Waals surface area contributed by atoms with Gasteiger partial charge in [0, 0.05) is 13.6 Å². The number of carbonyl (C=O) groups excluding carboxylic acids is 2. The Morgan fingerprint density at radius 3 is 2.47 bits per heavy atom. The third kappa shape index (κ3) is 4.71. The lowest BCUT2D eigenvalue weighted by atomic mass is 10.2. The number of rotatable bonds is 6. The summed E-state index contributed by atoms with van der Waals surface area (Å²) in [6.45, 7) is 0.606. The highest BCUT2D eigenvalue weighted by molar-refractivity contribution is 5.87. The van der Waals surface area contributed by atoms with Crippen LogP contribution in [0, 0.1) is 5.92 Å². The van der Waals surface area contributed by atoms with Crippen LogP contribution in [0.2, 0.25) is 0 Å². The van der Waals surface area contributed by atoms with Crippen molar-refractivity contribution in [2.45, 2.75) is 25.3 Å². The van der Waals surface area contributed by atoms with Crippen molar-refractivity contribution in [2.24, 2.45) is 11.7 Å². The highest BCUT2D eigenvalue weighted by Crippen LogP contribution is 2.29. The molecule has 0 aliphatic heterocycles. The van der Waals surface area contributed by atoms with Gasteiger partial charge in [-0.15, -0.1) is 0 Å². The fourth-order valence-corrected chi connectivity index (χ4v) is 1.43. The van der Waals surface area contributed by atoms with Gasteiger partial charge in [-0.2, -0.15) is 0 Å². The third-order valence-corrected chi connectivity index (χ3v) is 2.58. The summed E-state index contributed by atoms with van der Waals surface area (Å²) in [7, 11) is 1.59. The molecule has 0 aromatic carbocycles. The minimum absolute atomic E-state index is 0.404. The van der Waals surface area contributed by atoms with E-state index in [4.69, 9.17) is 10.8 Å². The smallest absolute Gasteiger partial charge is 0.326 e. The fraction of sp³-hybridized carbons (Fsp3) is 0.700.